The van der Waals surface area contributed by atoms with Crippen LogP contribution in [0, 0.1) is 0 Å². The van der Waals surface area contributed by atoms with Crippen LogP contribution in [0.3, 0.4) is 0 Å². The molecule has 126 valence electrons. The zero-order chi connectivity index (χ0) is 16.9. The number of hydrogen-bond donors (Lipinski definition) is 1. The summed E-state index contributed by atoms with van der Waals surface area (Å²) in [6, 6.07) is 8.40. The number of oxime groups is 1. The number of aromatic nitrogens is 1. The molecule has 1 fully saturated rings. The van der Waals surface area contributed by atoms with Crippen LogP contribution in [0.1, 0.15) is 5.56 Å². The number of hydrogen-bond acceptors (Lipinski definition) is 5. The first-order chi connectivity index (χ1) is 11.7. The van der Waals surface area contributed by atoms with Crippen LogP contribution >= 0.6 is 23.2 Å². The van der Waals surface area contributed by atoms with Crippen molar-refractivity contribution < 1.29 is 14.7 Å². The molecule has 2 aromatic rings. The summed E-state index contributed by atoms with van der Waals surface area (Å²) in [5, 5.41) is 13.7. The Balaban J connectivity index is 1.76. The highest BCUT2D eigenvalue weighted by molar-refractivity contribution is 6.34. The van der Waals surface area contributed by atoms with Crippen molar-refractivity contribution in [2.45, 2.75) is 0 Å². The molecule has 2 heterocycles. The number of morpholine rings is 1. The van der Waals surface area contributed by atoms with Crippen LogP contribution in [0.25, 0.3) is 0 Å². The topological polar surface area (TPSA) is 67.2 Å². The summed E-state index contributed by atoms with van der Waals surface area (Å²) >= 11 is 12.0. The fourth-order valence-corrected chi connectivity index (χ4v) is 2.64. The quantitative estimate of drug-likeness (QED) is 0.388. The second kappa shape index (κ2) is 7.70. The van der Waals surface area contributed by atoms with Crippen molar-refractivity contribution in [1.29, 1.82) is 0 Å². The van der Waals surface area contributed by atoms with E-state index in [1.165, 1.54) is 0 Å². The minimum absolute atomic E-state index is 0.363. The molecule has 8 heteroatoms. The number of pyridine rings is 1. The van der Waals surface area contributed by atoms with Crippen molar-refractivity contribution in [3.63, 3.8) is 0 Å². The predicted molar refractivity (Wildman–Crippen MR) is 91.5 cm³/mol. The normalized spacial score (nSPS) is 15.4. The average molecular weight is 368 g/mol. The molecule has 24 heavy (non-hydrogen) atoms. The van der Waals surface area contributed by atoms with Gasteiger partial charge in [0.15, 0.2) is 5.84 Å². The Morgan fingerprint density at radius 2 is 2.00 bits per heavy atom. The summed E-state index contributed by atoms with van der Waals surface area (Å²) in [5.41, 5.74) is 0.684. The third-order valence-electron chi connectivity index (χ3n) is 3.51. The third-order valence-corrected chi connectivity index (χ3v) is 4.06. The Labute approximate surface area is 149 Å². The number of nitrogens with zero attached hydrogens (tertiary/aromatic N) is 3. The number of amidine groups is 1. The molecule has 3 rings (SSSR count). The lowest BCUT2D eigenvalue weighted by molar-refractivity contribution is 0.0668. The van der Waals surface area contributed by atoms with E-state index in [9.17, 15) is 5.21 Å². The van der Waals surface area contributed by atoms with Crippen LogP contribution in [0.15, 0.2) is 41.7 Å². The van der Waals surface area contributed by atoms with Crippen molar-refractivity contribution in [1.82, 2.24) is 9.88 Å². The van der Waals surface area contributed by atoms with Crippen molar-refractivity contribution in [2.75, 3.05) is 26.3 Å². The van der Waals surface area contributed by atoms with E-state index in [-0.39, 0.29) is 0 Å². The Morgan fingerprint density at radius 3 is 2.67 bits per heavy atom. The molecule has 0 unspecified atom stereocenters. The maximum absolute atomic E-state index is 9.32. The number of ether oxygens (including phenoxy) is 2. The van der Waals surface area contributed by atoms with Gasteiger partial charge in [0.05, 0.1) is 18.2 Å². The van der Waals surface area contributed by atoms with Crippen molar-refractivity contribution in [2.24, 2.45) is 5.16 Å². The number of benzene rings is 1. The molecule has 0 amide bonds. The second-order valence-corrected chi connectivity index (χ2v) is 5.93. The third kappa shape index (κ3) is 3.90. The molecule has 1 N–H and O–H groups in total. The molecule has 1 saturated heterocycles. The first kappa shape index (κ1) is 16.8. The zero-order valence-electron chi connectivity index (χ0n) is 12.7. The zero-order valence-corrected chi connectivity index (χ0v) is 14.2. The highest BCUT2D eigenvalue weighted by Crippen LogP contribution is 2.31. The van der Waals surface area contributed by atoms with Gasteiger partial charge in [0.1, 0.15) is 5.75 Å². The van der Waals surface area contributed by atoms with Gasteiger partial charge in [-0.3, -0.25) is 0 Å². The molecule has 1 aromatic heterocycles. The minimum Gasteiger partial charge on any atom is -0.437 e. The first-order valence-corrected chi connectivity index (χ1v) is 8.07. The van der Waals surface area contributed by atoms with Gasteiger partial charge in [-0.05, 0) is 18.2 Å². The van der Waals surface area contributed by atoms with Gasteiger partial charge in [-0.2, -0.15) is 0 Å². The standard InChI is InChI=1S/C16H15Cl2N3O3/c17-12-2-3-13(18)14(9-12)24-15-4-1-11(10-19-15)16(20-22)21-5-7-23-8-6-21/h1-4,9-10,22H,5-8H2/b20-16-. The Bertz CT molecular complexity index is 732. The van der Waals surface area contributed by atoms with Gasteiger partial charge in [-0.15, -0.1) is 0 Å². The Kier molecular flexibility index (Phi) is 5.40. The number of halogens is 2. The van der Waals surface area contributed by atoms with E-state index in [0.29, 0.717) is 59.4 Å². The smallest absolute Gasteiger partial charge is 0.219 e. The molecular weight excluding hydrogens is 353 g/mol. The minimum atomic E-state index is 0.363. The van der Waals surface area contributed by atoms with E-state index in [1.807, 2.05) is 4.90 Å². The SMILES string of the molecule is O/N=C(/c1ccc(Oc2cc(Cl)ccc2Cl)nc1)N1CCOCC1. The maximum Gasteiger partial charge on any atom is 0.219 e. The van der Waals surface area contributed by atoms with Gasteiger partial charge in [0, 0.05) is 42.0 Å². The van der Waals surface area contributed by atoms with Gasteiger partial charge in [-0.25, -0.2) is 4.98 Å². The van der Waals surface area contributed by atoms with Crippen molar-refractivity contribution in [3.05, 3.63) is 52.1 Å². The lowest BCUT2D eigenvalue weighted by atomic mass is 10.2. The van der Waals surface area contributed by atoms with Gasteiger partial charge >= 0.3 is 0 Å². The summed E-state index contributed by atoms with van der Waals surface area (Å²) in [7, 11) is 0. The Morgan fingerprint density at radius 1 is 1.21 bits per heavy atom. The molecule has 1 aliphatic heterocycles. The Hall–Kier alpha value is -2.02. The van der Waals surface area contributed by atoms with E-state index in [1.54, 1.807) is 36.5 Å². The van der Waals surface area contributed by atoms with Gasteiger partial charge in [-0.1, -0.05) is 28.4 Å². The van der Waals surface area contributed by atoms with Crippen LogP contribution in [-0.4, -0.2) is 47.2 Å². The molecule has 0 bridgehead atoms. The van der Waals surface area contributed by atoms with Gasteiger partial charge in [0.25, 0.3) is 0 Å². The summed E-state index contributed by atoms with van der Waals surface area (Å²) < 4.78 is 10.9. The largest absolute Gasteiger partial charge is 0.437 e. The predicted octanol–water partition coefficient (Wildman–Crippen LogP) is 3.65. The van der Waals surface area contributed by atoms with Crippen LogP contribution in [0.4, 0.5) is 0 Å². The second-order valence-electron chi connectivity index (χ2n) is 5.08. The first-order valence-electron chi connectivity index (χ1n) is 7.31. The fourth-order valence-electron chi connectivity index (χ4n) is 2.32. The molecule has 1 aromatic carbocycles. The maximum atomic E-state index is 9.32. The molecule has 6 nitrogen and oxygen atoms in total. The van der Waals surface area contributed by atoms with Crippen LogP contribution in [0.2, 0.25) is 10.0 Å². The van der Waals surface area contributed by atoms with E-state index >= 15 is 0 Å². The van der Waals surface area contributed by atoms with E-state index in [4.69, 9.17) is 32.7 Å². The average Bonchev–Trinajstić information content (AvgIpc) is 2.61. The molecule has 0 atom stereocenters. The van der Waals surface area contributed by atoms with Crippen molar-refractivity contribution in [3.8, 4) is 11.6 Å². The monoisotopic (exact) mass is 367 g/mol. The fraction of sp³-hybridized carbons (Fsp3) is 0.250. The summed E-state index contributed by atoms with van der Waals surface area (Å²) in [6.45, 7) is 2.52. The molecule has 0 aliphatic carbocycles. The molecule has 0 radical (unpaired) electrons. The van der Waals surface area contributed by atoms with Gasteiger partial charge < -0.3 is 19.6 Å². The van der Waals surface area contributed by atoms with E-state index < -0.39 is 0 Å². The summed E-state index contributed by atoms with van der Waals surface area (Å²) in [6.07, 6.45) is 1.58. The lowest BCUT2D eigenvalue weighted by Gasteiger charge is -2.28. The van der Waals surface area contributed by atoms with Crippen LogP contribution in [0.5, 0.6) is 11.6 Å². The lowest BCUT2D eigenvalue weighted by Crippen LogP contribution is -2.41. The van der Waals surface area contributed by atoms with E-state index in [2.05, 4.69) is 10.1 Å². The highest BCUT2D eigenvalue weighted by Gasteiger charge is 2.18. The van der Waals surface area contributed by atoms with Crippen LogP contribution < -0.4 is 4.74 Å². The molecule has 0 spiro atoms. The molecule has 0 saturated carbocycles. The van der Waals surface area contributed by atoms with Crippen molar-refractivity contribution >= 4 is 29.0 Å². The number of rotatable bonds is 3. The molecular formula is C16H15Cl2N3O3. The summed E-state index contributed by atoms with van der Waals surface area (Å²) in [4.78, 5) is 6.17. The van der Waals surface area contributed by atoms with Gasteiger partial charge in [0.2, 0.25) is 5.88 Å². The van der Waals surface area contributed by atoms with E-state index in [0.717, 1.165) is 0 Å². The van der Waals surface area contributed by atoms with Crippen LogP contribution in [-0.2, 0) is 4.74 Å². The molecule has 1 aliphatic rings. The highest BCUT2D eigenvalue weighted by atomic mass is 35.5. The summed E-state index contributed by atoms with van der Waals surface area (Å²) in [5.74, 6) is 1.24.